The van der Waals surface area contributed by atoms with E-state index in [2.05, 4.69) is 0 Å². The molecule has 1 heterocycles. The van der Waals surface area contributed by atoms with Gasteiger partial charge in [-0.2, -0.15) is 13.2 Å². The number of nitrogens with zero attached hydrogens (tertiary/aromatic N) is 2. The number of alkyl halides is 3. The van der Waals surface area contributed by atoms with E-state index in [1.165, 1.54) is 0 Å². The lowest BCUT2D eigenvalue weighted by Crippen LogP contribution is -2.41. The van der Waals surface area contributed by atoms with Crippen LogP contribution in [0, 0.1) is 5.82 Å². The Balaban J connectivity index is 2.83. The number of hydrogen-bond acceptors (Lipinski definition) is 3. The standard InChI is InChI=1S/C14H9Cl2F4N2O5P/c1-21-10(14(18,19)20)5-12(23)22(13(21)24)9-2-6(7(15)4-8(9)17)3-11(16)28(25,26)27/h2-5H,1H3,(H2,25,26,27). The van der Waals surface area contributed by atoms with E-state index in [-0.39, 0.29) is 25.8 Å². The van der Waals surface area contributed by atoms with Gasteiger partial charge in [-0.15, -0.1) is 0 Å². The van der Waals surface area contributed by atoms with Gasteiger partial charge in [0.25, 0.3) is 5.56 Å². The summed E-state index contributed by atoms with van der Waals surface area (Å²) >= 11 is 11.2. The molecule has 2 rings (SSSR count). The van der Waals surface area contributed by atoms with Crippen LogP contribution in [0.15, 0.2) is 32.6 Å². The zero-order chi connectivity index (χ0) is 21.6. The average molecular weight is 463 g/mol. The minimum atomic E-state index is -5.00. The van der Waals surface area contributed by atoms with E-state index in [4.69, 9.17) is 33.0 Å². The molecule has 2 N–H and O–H groups in total. The van der Waals surface area contributed by atoms with E-state index in [9.17, 15) is 31.7 Å². The van der Waals surface area contributed by atoms with Crippen LogP contribution in [0.3, 0.4) is 0 Å². The highest BCUT2D eigenvalue weighted by atomic mass is 35.5. The highest BCUT2D eigenvalue weighted by Gasteiger charge is 2.35. The molecule has 28 heavy (non-hydrogen) atoms. The van der Waals surface area contributed by atoms with Crippen LogP contribution in [0.5, 0.6) is 0 Å². The Bertz CT molecular complexity index is 1150. The number of rotatable bonds is 3. The van der Waals surface area contributed by atoms with Crippen LogP contribution in [0.1, 0.15) is 11.3 Å². The molecule has 0 unspecified atom stereocenters. The summed E-state index contributed by atoms with van der Waals surface area (Å²) in [6.45, 7) is 0. The van der Waals surface area contributed by atoms with E-state index in [0.29, 0.717) is 12.1 Å². The SMILES string of the molecule is Cn1c(C(F)(F)F)cc(=O)n(-c2cc(C=C(Cl)P(=O)(O)O)c(Cl)cc2F)c1=O. The second-order valence-electron chi connectivity index (χ2n) is 5.38. The van der Waals surface area contributed by atoms with Crippen LogP contribution in [0.25, 0.3) is 11.8 Å². The van der Waals surface area contributed by atoms with E-state index >= 15 is 0 Å². The normalized spacial score (nSPS) is 13.1. The Kier molecular flexibility index (Phi) is 5.99. The number of aromatic nitrogens is 2. The molecule has 7 nitrogen and oxygen atoms in total. The van der Waals surface area contributed by atoms with Crippen LogP contribution in [0.2, 0.25) is 5.02 Å². The van der Waals surface area contributed by atoms with Crippen LogP contribution in [0.4, 0.5) is 17.6 Å². The van der Waals surface area contributed by atoms with Crippen molar-refractivity contribution in [2.75, 3.05) is 0 Å². The summed E-state index contributed by atoms with van der Waals surface area (Å²) in [4.78, 5) is 42.3. The fraction of sp³-hybridized carbons (Fsp3) is 0.143. The maximum atomic E-state index is 14.3. The zero-order valence-electron chi connectivity index (χ0n) is 13.5. The van der Waals surface area contributed by atoms with Crippen molar-refractivity contribution < 1.29 is 31.9 Å². The van der Waals surface area contributed by atoms with Crippen LogP contribution < -0.4 is 11.2 Å². The lowest BCUT2D eigenvalue weighted by Gasteiger charge is -2.15. The summed E-state index contributed by atoms with van der Waals surface area (Å²) in [5.41, 5.74) is -5.60. The molecule has 1 aromatic carbocycles. The Morgan fingerprint density at radius 1 is 1.21 bits per heavy atom. The predicted molar refractivity (Wildman–Crippen MR) is 93.1 cm³/mol. The summed E-state index contributed by atoms with van der Waals surface area (Å²) in [5.74, 6) is -1.24. The van der Waals surface area contributed by atoms with Gasteiger partial charge in [0.1, 0.15) is 16.3 Å². The van der Waals surface area contributed by atoms with Crippen LogP contribution in [-0.4, -0.2) is 18.9 Å². The third-order valence-electron chi connectivity index (χ3n) is 3.47. The molecule has 0 atom stereocenters. The van der Waals surface area contributed by atoms with Crippen LogP contribution >= 0.6 is 30.8 Å². The summed E-state index contributed by atoms with van der Waals surface area (Å²) in [6.07, 6.45) is -4.33. The summed E-state index contributed by atoms with van der Waals surface area (Å²) in [5, 5.41) is -0.385. The third-order valence-corrected chi connectivity index (χ3v) is 5.25. The molecule has 2 aromatic rings. The summed E-state index contributed by atoms with van der Waals surface area (Å²) < 4.78 is 63.3. The molecule has 0 amide bonds. The number of hydrogen-bond donors (Lipinski definition) is 2. The fourth-order valence-electron chi connectivity index (χ4n) is 2.17. The van der Waals surface area contributed by atoms with Gasteiger partial charge >= 0.3 is 19.5 Å². The molecule has 0 saturated carbocycles. The van der Waals surface area contributed by atoms with Gasteiger partial charge in [-0.3, -0.25) is 13.9 Å². The van der Waals surface area contributed by atoms with Crippen LogP contribution in [-0.2, 0) is 17.8 Å². The molecule has 0 bridgehead atoms. The monoisotopic (exact) mass is 462 g/mol. The van der Waals surface area contributed by atoms with Crippen molar-refractivity contribution in [2.45, 2.75) is 6.18 Å². The van der Waals surface area contributed by atoms with Gasteiger partial charge in [0.05, 0.1) is 10.7 Å². The van der Waals surface area contributed by atoms with Gasteiger partial charge in [-0.05, 0) is 23.8 Å². The minimum Gasteiger partial charge on any atom is -0.320 e. The Hall–Kier alpha value is -1.91. The van der Waals surface area contributed by atoms with E-state index in [0.717, 1.165) is 13.1 Å². The molecule has 0 spiro atoms. The van der Waals surface area contributed by atoms with Crippen molar-refractivity contribution in [1.29, 1.82) is 0 Å². The lowest BCUT2D eigenvalue weighted by atomic mass is 10.2. The summed E-state index contributed by atoms with van der Waals surface area (Å²) in [6, 6.07) is 1.45. The predicted octanol–water partition coefficient (Wildman–Crippen LogP) is 3.06. The second-order valence-corrected chi connectivity index (χ2v) is 8.03. The van der Waals surface area contributed by atoms with Crippen molar-refractivity contribution in [3.63, 3.8) is 0 Å². The largest absolute Gasteiger partial charge is 0.431 e. The molecule has 0 aliphatic rings. The quantitative estimate of drug-likeness (QED) is 0.539. The summed E-state index contributed by atoms with van der Waals surface area (Å²) in [7, 11) is -4.14. The average Bonchev–Trinajstić information content (AvgIpc) is 2.52. The first-order valence-electron chi connectivity index (χ1n) is 6.97. The molecular formula is C14H9Cl2F4N2O5P. The van der Waals surface area contributed by atoms with Crippen molar-refractivity contribution >= 4 is 36.9 Å². The van der Waals surface area contributed by atoms with Gasteiger partial charge in [-0.1, -0.05) is 23.2 Å². The molecule has 1 aromatic heterocycles. The third kappa shape index (κ3) is 4.39. The molecular weight excluding hydrogens is 454 g/mol. The van der Waals surface area contributed by atoms with Gasteiger partial charge in [0.15, 0.2) is 0 Å². The van der Waals surface area contributed by atoms with Crippen molar-refractivity contribution in [3.05, 3.63) is 65.9 Å². The maximum absolute atomic E-state index is 14.3. The first kappa shape index (κ1) is 22.4. The second kappa shape index (κ2) is 7.49. The molecule has 152 valence electrons. The molecule has 0 fully saturated rings. The molecule has 0 radical (unpaired) electrons. The molecule has 0 saturated heterocycles. The number of benzene rings is 1. The Morgan fingerprint density at radius 3 is 2.29 bits per heavy atom. The number of halogens is 6. The lowest BCUT2D eigenvalue weighted by molar-refractivity contribution is -0.144. The molecule has 0 aliphatic heterocycles. The van der Waals surface area contributed by atoms with Gasteiger partial charge in [-0.25, -0.2) is 13.8 Å². The minimum absolute atomic E-state index is 0.105. The fourth-order valence-corrected chi connectivity index (χ4v) is 2.80. The Morgan fingerprint density at radius 2 is 1.79 bits per heavy atom. The molecule has 0 aliphatic carbocycles. The van der Waals surface area contributed by atoms with E-state index in [1.54, 1.807) is 0 Å². The topological polar surface area (TPSA) is 102 Å². The van der Waals surface area contributed by atoms with E-state index in [1.807, 2.05) is 0 Å². The van der Waals surface area contributed by atoms with Gasteiger partial charge in [0.2, 0.25) is 0 Å². The van der Waals surface area contributed by atoms with Gasteiger partial charge < -0.3 is 9.79 Å². The highest BCUT2D eigenvalue weighted by molar-refractivity contribution is 7.59. The zero-order valence-corrected chi connectivity index (χ0v) is 15.9. The smallest absolute Gasteiger partial charge is 0.320 e. The molecule has 14 heteroatoms. The highest BCUT2D eigenvalue weighted by Crippen LogP contribution is 2.48. The van der Waals surface area contributed by atoms with E-state index < -0.39 is 47.0 Å². The Labute approximate surface area is 163 Å². The maximum Gasteiger partial charge on any atom is 0.431 e. The van der Waals surface area contributed by atoms with Crippen molar-refractivity contribution in [2.24, 2.45) is 7.05 Å². The first-order chi connectivity index (χ1) is 12.6. The van der Waals surface area contributed by atoms with Crippen molar-refractivity contribution in [3.8, 4) is 5.69 Å². The van der Waals surface area contributed by atoms with Crippen molar-refractivity contribution in [1.82, 2.24) is 9.13 Å². The van der Waals surface area contributed by atoms with Gasteiger partial charge in [0, 0.05) is 13.1 Å². The first-order valence-corrected chi connectivity index (χ1v) is 9.34.